The average molecular weight is 353 g/mol. The van der Waals surface area contributed by atoms with Crippen LogP contribution in [0.15, 0.2) is 18.2 Å². The molecule has 0 spiro atoms. The molecule has 0 saturated heterocycles. The summed E-state index contributed by atoms with van der Waals surface area (Å²) >= 11 is 1.20. The number of carbonyl (C=O) groups excluding carboxylic acids is 2. The second-order valence-corrected chi connectivity index (χ2v) is 6.61. The summed E-state index contributed by atoms with van der Waals surface area (Å²) in [5.74, 6) is -1.22. The number of amides is 1. The highest BCUT2D eigenvalue weighted by Crippen LogP contribution is 2.34. The first-order chi connectivity index (χ1) is 11.4. The van der Waals surface area contributed by atoms with E-state index in [2.05, 4.69) is 4.74 Å². The summed E-state index contributed by atoms with van der Waals surface area (Å²) in [6.07, 6.45) is 0. The molecule has 2 rings (SSSR count). The molecular weight excluding hydrogens is 333 g/mol. The summed E-state index contributed by atoms with van der Waals surface area (Å²) in [4.78, 5) is 26.4. The molecule has 0 aliphatic rings. The van der Waals surface area contributed by atoms with Gasteiger partial charge in [-0.25, -0.2) is 4.39 Å². The Morgan fingerprint density at radius 1 is 1.29 bits per heavy atom. The number of methoxy groups -OCH3 is 2. The van der Waals surface area contributed by atoms with Gasteiger partial charge in [0.1, 0.15) is 12.4 Å². The summed E-state index contributed by atoms with van der Waals surface area (Å²) in [7, 11) is 2.77. The van der Waals surface area contributed by atoms with Crippen LogP contribution in [0, 0.1) is 5.82 Å². The molecule has 24 heavy (non-hydrogen) atoms. The maximum absolute atomic E-state index is 14.2. The lowest BCUT2D eigenvalue weighted by atomic mass is 10.1. The molecule has 1 aromatic heterocycles. The molecule has 130 valence electrons. The van der Waals surface area contributed by atoms with Crippen molar-refractivity contribution in [1.82, 2.24) is 4.90 Å². The molecule has 0 bridgehead atoms. The Morgan fingerprint density at radius 2 is 2.00 bits per heavy atom. The first kappa shape index (κ1) is 18.4. The minimum atomic E-state index is -0.502. The van der Waals surface area contributed by atoms with Crippen molar-refractivity contribution in [2.45, 2.75) is 26.5 Å². The molecule has 0 aliphatic carbocycles. The normalized spacial score (nSPS) is 11.1. The van der Waals surface area contributed by atoms with Crippen molar-refractivity contribution < 1.29 is 23.5 Å². The topological polar surface area (TPSA) is 55.8 Å². The summed E-state index contributed by atoms with van der Waals surface area (Å²) < 4.78 is 24.7. The molecule has 0 saturated carbocycles. The van der Waals surface area contributed by atoms with E-state index in [1.165, 1.54) is 36.5 Å². The van der Waals surface area contributed by atoms with Gasteiger partial charge < -0.3 is 14.4 Å². The number of hydrogen-bond donors (Lipinski definition) is 0. The van der Waals surface area contributed by atoms with Crippen LogP contribution in [0.2, 0.25) is 0 Å². The fourth-order valence-corrected chi connectivity index (χ4v) is 3.62. The highest BCUT2D eigenvalue weighted by Gasteiger charge is 2.27. The highest BCUT2D eigenvalue weighted by molar-refractivity contribution is 7.21. The third kappa shape index (κ3) is 3.57. The predicted octanol–water partition coefficient (Wildman–Crippen LogP) is 3.21. The SMILES string of the molecule is COCc1c(C(=O)N(CC(=O)OC)C(C)C)sc2cccc(F)c12. The highest BCUT2D eigenvalue weighted by atomic mass is 32.1. The average Bonchev–Trinajstić information content (AvgIpc) is 2.92. The minimum Gasteiger partial charge on any atom is -0.468 e. The molecule has 1 heterocycles. The van der Waals surface area contributed by atoms with Crippen LogP contribution in [0.4, 0.5) is 4.39 Å². The molecule has 1 aromatic carbocycles. The third-order valence-electron chi connectivity index (χ3n) is 3.66. The third-order valence-corrected chi connectivity index (χ3v) is 4.84. The maximum atomic E-state index is 14.2. The molecule has 5 nitrogen and oxygen atoms in total. The maximum Gasteiger partial charge on any atom is 0.325 e. The van der Waals surface area contributed by atoms with Crippen LogP contribution in [0.1, 0.15) is 29.1 Å². The Kier molecular flexibility index (Phi) is 5.90. The summed E-state index contributed by atoms with van der Waals surface area (Å²) in [6.45, 7) is 3.58. The van der Waals surface area contributed by atoms with E-state index in [4.69, 9.17) is 4.74 Å². The van der Waals surface area contributed by atoms with Crippen molar-refractivity contribution >= 4 is 33.3 Å². The van der Waals surface area contributed by atoms with E-state index in [0.717, 1.165) is 0 Å². The molecule has 2 aromatic rings. The van der Waals surface area contributed by atoms with Gasteiger partial charge in [-0.15, -0.1) is 11.3 Å². The first-order valence-corrected chi connectivity index (χ1v) is 8.29. The number of esters is 1. The molecule has 0 radical (unpaired) electrons. The number of benzene rings is 1. The van der Waals surface area contributed by atoms with Crippen LogP contribution >= 0.6 is 11.3 Å². The number of hydrogen-bond acceptors (Lipinski definition) is 5. The number of fused-ring (bicyclic) bond motifs is 1. The predicted molar refractivity (Wildman–Crippen MR) is 90.7 cm³/mol. The van der Waals surface area contributed by atoms with Crippen molar-refractivity contribution in [1.29, 1.82) is 0 Å². The number of carbonyl (C=O) groups is 2. The van der Waals surface area contributed by atoms with Gasteiger partial charge in [0.15, 0.2) is 0 Å². The molecule has 0 aliphatic heterocycles. The largest absolute Gasteiger partial charge is 0.468 e. The van der Waals surface area contributed by atoms with Gasteiger partial charge in [0.2, 0.25) is 0 Å². The lowest BCUT2D eigenvalue weighted by Crippen LogP contribution is -2.41. The van der Waals surface area contributed by atoms with E-state index in [9.17, 15) is 14.0 Å². The zero-order valence-electron chi connectivity index (χ0n) is 14.1. The first-order valence-electron chi connectivity index (χ1n) is 7.47. The number of ether oxygens (including phenoxy) is 2. The molecule has 1 amide bonds. The smallest absolute Gasteiger partial charge is 0.325 e. The van der Waals surface area contributed by atoms with E-state index in [1.807, 2.05) is 13.8 Å². The second-order valence-electron chi connectivity index (χ2n) is 5.56. The van der Waals surface area contributed by atoms with E-state index < -0.39 is 5.97 Å². The zero-order chi connectivity index (χ0) is 17.9. The molecule has 0 unspecified atom stereocenters. The molecule has 0 N–H and O–H groups in total. The number of thiophene rings is 1. The summed E-state index contributed by atoms with van der Waals surface area (Å²) in [5.41, 5.74) is 0.510. The lowest BCUT2D eigenvalue weighted by molar-refractivity contribution is -0.141. The van der Waals surface area contributed by atoms with Crippen molar-refractivity contribution in [3.63, 3.8) is 0 Å². The molecule has 0 fully saturated rings. The van der Waals surface area contributed by atoms with Gasteiger partial charge in [-0.3, -0.25) is 9.59 Å². The van der Waals surface area contributed by atoms with Gasteiger partial charge in [0, 0.05) is 28.8 Å². The van der Waals surface area contributed by atoms with Crippen LogP contribution < -0.4 is 0 Å². The Bertz CT molecular complexity index is 756. The standard InChI is InChI=1S/C17H20FNO4S/c1-10(2)19(8-14(20)23-4)17(21)16-11(9-22-3)15-12(18)6-5-7-13(15)24-16/h5-7,10H,8-9H2,1-4H3. The van der Waals surface area contributed by atoms with Gasteiger partial charge in [-0.1, -0.05) is 6.07 Å². The summed E-state index contributed by atoms with van der Waals surface area (Å²) in [6, 6.07) is 4.52. The molecular formula is C17H20FNO4S. The van der Waals surface area contributed by atoms with E-state index in [0.29, 0.717) is 20.5 Å². The van der Waals surface area contributed by atoms with Gasteiger partial charge in [-0.2, -0.15) is 0 Å². The Hall–Kier alpha value is -1.99. The van der Waals surface area contributed by atoms with Crippen LogP contribution in [-0.4, -0.2) is 43.6 Å². The molecule has 0 atom stereocenters. The zero-order valence-corrected chi connectivity index (χ0v) is 14.9. The lowest BCUT2D eigenvalue weighted by Gasteiger charge is -2.25. The van der Waals surface area contributed by atoms with Crippen molar-refractivity contribution in [2.75, 3.05) is 20.8 Å². The van der Waals surface area contributed by atoms with Crippen LogP contribution in [0.25, 0.3) is 10.1 Å². The Balaban J connectivity index is 2.52. The monoisotopic (exact) mass is 353 g/mol. The van der Waals surface area contributed by atoms with Crippen LogP contribution in [-0.2, 0) is 20.9 Å². The van der Waals surface area contributed by atoms with E-state index in [-0.39, 0.29) is 30.9 Å². The van der Waals surface area contributed by atoms with Crippen LogP contribution in [0.3, 0.4) is 0 Å². The van der Waals surface area contributed by atoms with Gasteiger partial charge >= 0.3 is 5.97 Å². The van der Waals surface area contributed by atoms with Crippen molar-refractivity contribution in [3.8, 4) is 0 Å². The Labute approximate surface area is 144 Å². The second kappa shape index (κ2) is 7.72. The minimum absolute atomic E-state index is 0.117. The van der Waals surface area contributed by atoms with Gasteiger partial charge in [-0.05, 0) is 26.0 Å². The molecule has 7 heteroatoms. The fourth-order valence-electron chi connectivity index (χ4n) is 2.45. The number of rotatable bonds is 6. The van der Waals surface area contributed by atoms with Crippen molar-refractivity contribution in [3.05, 3.63) is 34.5 Å². The summed E-state index contributed by atoms with van der Waals surface area (Å²) in [5, 5.41) is 0.398. The van der Waals surface area contributed by atoms with Gasteiger partial charge in [0.25, 0.3) is 5.91 Å². The quantitative estimate of drug-likeness (QED) is 0.749. The van der Waals surface area contributed by atoms with Crippen LogP contribution in [0.5, 0.6) is 0 Å². The number of nitrogens with zero attached hydrogens (tertiary/aromatic N) is 1. The number of halogens is 1. The van der Waals surface area contributed by atoms with E-state index in [1.54, 1.807) is 12.1 Å². The van der Waals surface area contributed by atoms with E-state index >= 15 is 0 Å². The Morgan fingerprint density at radius 3 is 2.58 bits per heavy atom. The van der Waals surface area contributed by atoms with Gasteiger partial charge in [0.05, 0.1) is 18.6 Å². The van der Waals surface area contributed by atoms with Crippen molar-refractivity contribution in [2.24, 2.45) is 0 Å². The fraction of sp³-hybridized carbons (Fsp3) is 0.412.